The molecule has 0 radical (unpaired) electrons. The van der Waals surface area contributed by atoms with Crippen molar-refractivity contribution >= 4 is 5.91 Å². The third-order valence-electron chi connectivity index (χ3n) is 4.57. The van der Waals surface area contributed by atoms with E-state index in [1.807, 2.05) is 6.92 Å². The Hall–Kier alpha value is -1.12. The monoisotopic (exact) mass is 292 g/mol. The fourth-order valence-electron chi connectivity index (χ4n) is 3.19. The molecule has 2 atom stereocenters. The van der Waals surface area contributed by atoms with Crippen molar-refractivity contribution in [2.75, 3.05) is 26.2 Å². The van der Waals surface area contributed by atoms with Crippen molar-refractivity contribution in [3.63, 3.8) is 0 Å². The average molecular weight is 292 g/mol. The molecule has 5 heteroatoms. The molecule has 2 unspecified atom stereocenters. The Labute approximate surface area is 128 Å². The molecule has 1 amide bonds. The maximum Gasteiger partial charge on any atom is 0.235 e. The molecule has 0 bridgehead atoms. The number of nitrogens with zero attached hydrogens (tertiary/aromatic N) is 2. The molecule has 118 valence electrons. The van der Waals surface area contributed by atoms with Crippen LogP contribution in [0.15, 0.2) is 0 Å². The molecule has 2 rings (SSSR count). The van der Waals surface area contributed by atoms with Gasteiger partial charge in [-0.2, -0.15) is 5.26 Å². The Morgan fingerprint density at radius 1 is 1.48 bits per heavy atom. The van der Waals surface area contributed by atoms with E-state index in [0.29, 0.717) is 18.5 Å². The van der Waals surface area contributed by atoms with Crippen LogP contribution < -0.4 is 10.6 Å². The van der Waals surface area contributed by atoms with Crippen molar-refractivity contribution in [2.24, 2.45) is 5.92 Å². The summed E-state index contributed by atoms with van der Waals surface area (Å²) in [7, 11) is 0. The summed E-state index contributed by atoms with van der Waals surface area (Å²) < 4.78 is 0. The second-order valence-electron chi connectivity index (χ2n) is 6.66. The van der Waals surface area contributed by atoms with E-state index in [-0.39, 0.29) is 5.91 Å². The van der Waals surface area contributed by atoms with E-state index in [4.69, 9.17) is 0 Å². The first-order valence-corrected chi connectivity index (χ1v) is 8.25. The van der Waals surface area contributed by atoms with E-state index in [9.17, 15) is 10.1 Å². The lowest BCUT2D eigenvalue weighted by Gasteiger charge is -2.28. The summed E-state index contributed by atoms with van der Waals surface area (Å²) in [5.41, 5.74) is -0.680. The van der Waals surface area contributed by atoms with Crippen molar-refractivity contribution in [3.8, 4) is 6.07 Å². The smallest absolute Gasteiger partial charge is 0.235 e. The summed E-state index contributed by atoms with van der Waals surface area (Å²) in [6, 6.07) is 2.80. The van der Waals surface area contributed by atoms with E-state index >= 15 is 0 Å². The van der Waals surface area contributed by atoms with Gasteiger partial charge in [0.2, 0.25) is 5.91 Å². The van der Waals surface area contributed by atoms with E-state index in [0.717, 1.165) is 38.9 Å². The summed E-state index contributed by atoms with van der Waals surface area (Å²) >= 11 is 0. The largest absolute Gasteiger partial charge is 0.337 e. The number of carbonyl (C=O) groups excluding carboxylic acids is 1. The highest BCUT2D eigenvalue weighted by atomic mass is 16.2. The van der Waals surface area contributed by atoms with Crippen LogP contribution in [0.1, 0.15) is 46.0 Å². The average Bonchev–Trinajstić information content (AvgIpc) is 3.19. The number of carbonyl (C=O) groups is 1. The number of nitrogens with one attached hydrogen (secondary N) is 2. The SMILES string of the molecule is CCCN(CC(=O)NC(C)(C#N)C1CC1)CC1CCCN1. The topological polar surface area (TPSA) is 68.2 Å². The predicted molar refractivity (Wildman–Crippen MR) is 82.6 cm³/mol. The number of hydrogen-bond donors (Lipinski definition) is 2. The van der Waals surface area contributed by atoms with Gasteiger partial charge in [-0.05, 0) is 58.0 Å². The normalized spacial score (nSPS) is 24.6. The molecule has 0 spiro atoms. The Morgan fingerprint density at radius 2 is 2.24 bits per heavy atom. The van der Waals surface area contributed by atoms with Gasteiger partial charge >= 0.3 is 0 Å². The lowest BCUT2D eigenvalue weighted by atomic mass is 9.98. The Balaban J connectivity index is 1.83. The van der Waals surface area contributed by atoms with Gasteiger partial charge in [0.25, 0.3) is 0 Å². The summed E-state index contributed by atoms with van der Waals surface area (Å²) in [5, 5.41) is 15.8. The number of rotatable bonds is 8. The third-order valence-corrected chi connectivity index (χ3v) is 4.57. The molecule has 21 heavy (non-hydrogen) atoms. The van der Waals surface area contributed by atoms with Gasteiger partial charge in [-0.15, -0.1) is 0 Å². The molecule has 2 N–H and O–H groups in total. The van der Waals surface area contributed by atoms with Gasteiger partial charge in [0.15, 0.2) is 0 Å². The molecule has 1 aliphatic carbocycles. The van der Waals surface area contributed by atoms with Gasteiger partial charge in [-0.1, -0.05) is 6.92 Å². The van der Waals surface area contributed by atoms with Crippen LogP contribution in [-0.4, -0.2) is 48.6 Å². The third kappa shape index (κ3) is 4.69. The lowest BCUT2D eigenvalue weighted by Crippen LogP contribution is -2.51. The number of nitriles is 1. The molecule has 1 aliphatic heterocycles. The standard InChI is InChI=1S/C16H28N4O/c1-3-9-20(10-14-5-4-8-18-14)11-15(21)19-16(2,12-17)13-6-7-13/h13-14,18H,3-11H2,1-2H3,(H,19,21). The van der Waals surface area contributed by atoms with Crippen LogP contribution in [0.5, 0.6) is 0 Å². The van der Waals surface area contributed by atoms with Crippen LogP contribution in [0.3, 0.4) is 0 Å². The molecule has 0 aromatic rings. The first-order chi connectivity index (χ1) is 10.1. The van der Waals surface area contributed by atoms with Crippen molar-refractivity contribution in [1.29, 1.82) is 5.26 Å². The molecule has 2 fully saturated rings. The molecule has 1 heterocycles. The molecule has 5 nitrogen and oxygen atoms in total. The van der Waals surface area contributed by atoms with Crippen LogP contribution in [0.2, 0.25) is 0 Å². The minimum absolute atomic E-state index is 0.0163. The van der Waals surface area contributed by atoms with Gasteiger partial charge in [-0.25, -0.2) is 0 Å². The predicted octanol–water partition coefficient (Wildman–Crippen LogP) is 1.26. The second-order valence-corrected chi connectivity index (χ2v) is 6.66. The van der Waals surface area contributed by atoms with Crippen LogP contribution in [-0.2, 0) is 4.79 Å². The highest BCUT2D eigenvalue weighted by Gasteiger charge is 2.43. The molecular weight excluding hydrogens is 264 g/mol. The maximum absolute atomic E-state index is 12.3. The van der Waals surface area contributed by atoms with Crippen molar-refractivity contribution in [3.05, 3.63) is 0 Å². The summed E-state index contributed by atoms with van der Waals surface area (Å²) in [6.07, 6.45) is 5.56. The van der Waals surface area contributed by atoms with Crippen molar-refractivity contribution in [1.82, 2.24) is 15.5 Å². The molecule has 1 saturated carbocycles. The van der Waals surface area contributed by atoms with Gasteiger partial charge < -0.3 is 10.6 Å². The first-order valence-electron chi connectivity index (χ1n) is 8.25. The molecule has 1 saturated heterocycles. The highest BCUT2D eigenvalue weighted by molar-refractivity contribution is 5.79. The van der Waals surface area contributed by atoms with Crippen LogP contribution in [0, 0.1) is 17.2 Å². The molecule has 2 aliphatic rings. The summed E-state index contributed by atoms with van der Waals surface area (Å²) in [5.74, 6) is 0.319. The Kier molecular flexibility index (Phi) is 5.60. The van der Waals surface area contributed by atoms with Gasteiger partial charge in [0.05, 0.1) is 12.6 Å². The zero-order valence-electron chi connectivity index (χ0n) is 13.3. The molecule has 0 aromatic carbocycles. The minimum atomic E-state index is -0.680. The zero-order chi connectivity index (χ0) is 15.3. The van der Waals surface area contributed by atoms with E-state index in [2.05, 4.69) is 28.5 Å². The number of amides is 1. The van der Waals surface area contributed by atoms with Crippen LogP contribution in [0.25, 0.3) is 0 Å². The van der Waals surface area contributed by atoms with E-state index in [1.165, 1.54) is 12.8 Å². The van der Waals surface area contributed by atoms with Crippen molar-refractivity contribution in [2.45, 2.75) is 57.5 Å². The molecule has 0 aromatic heterocycles. The van der Waals surface area contributed by atoms with Gasteiger partial charge in [0, 0.05) is 12.6 Å². The van der Waals surface area contributed by atoms with E-state index in [1.54, 1.807) is 0 Å². The van der Waals surface area contributed by atoms with Crippen LogP contribution >= 0.6 is 0 Å². The zero-order valence-corrected chi connectivity index (χ0v) is 13.3. The van der Waals surface area contributed by atoms with Crippen LogP contribution in [0.4, 0.5) is 0 Å². The summed E-state index contributed by atoms with van der Waals surface area (Å²) in [4.78, 5) is 14.5. The second kappa shape index (κ2) is 7.24. The fraction of sp³-hybridized carbons (Fsp3) is 0.875. The minimum Gasteiger partial charge on any atom is -0.337 e. The summed E-state index contributed by atoms with van der Waals surface area (Å²) in [6.45, 7) is 7.33. The van der Waals surface area contributed by atoms with Gasteiger partial charge in [-0.3, -0.25) is 9.69 Å². The van der Waals surface area contributed by atoms with Gasteiger partial charge in [0.1, 0.15) is 5.54 Å². The quantitative estimate of drug-likeness (QED) is 0.707. The number of hydrogen-bond acceptors (Lipinski definition) is 4. The Bertz CT molecular complexity index is 396. The van der Waals surface area contributed by atoms with E-state index < -0.39 is 5.54 Å². The Morgan fingerprint density at radius 3 is 2.76 bits per heavy atom. The fourth-order valence-corrected chi connectivity index (χ4v) is 3.19. The first kappa shape index (κ1) is 16.3. The highest BCUT2D eigenvalue weighted by Crippen LogP contribution is 2.39. The molecular formula is C16H28N4O. The maximum atomic E-state index is 12.3. The lowest BCUT2D eigenvalue weighted by molar-refractivity contribution is -0.123. The van der Waals surface area contributed by atoms with Crippen molar-refractivity contribution < 1.29 is 4.79 Å².